The molecule has 0 spiro atoms. The average Bonchev–Trinajstić information content (AvgIpc) is 2.38. The van der Waals surface area contributed by atoms with Crippen LogP contribution >= 0.6 is 0 Å². The zero-order chi connectivity index (χ0) is 13.6. The molecule has 0 heterocycles. The van der Waals surface area contributed by atoms with E-state index >= 15 is 0 Å². The second kappa shape index (κ2) is 6.36. The van der Waals surface area contributed by atoms with Crippen LogP contribution in [0.25, 0.3) is 0 Å². The second-order valence-corrected chi connectivity index (χ2v) is 4.56. The first-order chi connectivity index (χ1) is 8.50. The Balaban J connectivity index is 2.39. The van der Waals surface area contributed by atoms with Crippen molar-refractivity contribution < 1.29 is 9.13 Å². The predicted molar refractivity (Wildman–Crippen MR) is 68.9 cm³/mol. The van der Waals surface area contributed by atoms with Crippen molar-refractivity contribution in [1.29, 1.82) is 5.26 Å². The molecule has 1 atom stereocenters. The molecular formula is C14H19FN2O. The third kappa shape index (κ3) is 4.01. The molecular weight excluding hydrogens is 231 g/mol. The molecule has 0 saturated heterocycles. The first kappa shape index (κ1) is 14.5. The Morgan fingerprint density at radius 2 is 2.22 bits per heavy atom. The molecule has 1 unspecified atom stereocenters. The smallest absolute Gasteiger partial charge is 0.129 e. The molecule has 0 amide bonds. The number of benzene rings is 1. The molecule has 1 N–H and O–H groups in total. The molecule has 0 aliphatic rings. The third-order valence-electron chi connectivity index (χ3n) is 3.03. The van der Waals surface area contributed by atoms with Gasteiger partial charge < -0.3 is 10.1 Å². The number of nitrogens with one attached hydrogen (secondary N) is 1. The Hall–Kier alpha value is -1.60. The molecule has 98 valence electrons. The Bertz CT molecular complexity index is 442. The first-order valence-electron chi connectivity index (χ1n) is 6.00. The number of hydrogen-bond acceptors (Lipinski definition) is 3. The van der Waals surface area contributed by atoms with E-state index in [-0.39, 0.29) is 5.82 Å². The van der Waals surface area contributed by atoms with E-state index in [1.807, 2.05) is 6.92 Å². The van der Waals surface area contributed by atoms with Gasteiger partial charge in [0, 0.05) is 6.07 Å². The third-order valence-corrected chi connectivity index (χ3v) is 3.03. The zero-order valence-corrected chi connectivity index (χ0v) is 11.1. The highest BCUT2D eigenvalue weighted by atomic mass is 19.1. The minimum atomic E-state index is -0.526. The molecule has 0 aliphatic carbocycles. The number of nitrogens with zero attached hydrogens (tertiary/aromatic N) is 1. The van der Waals surface area contributed by atoms with Gasteiger partial charge in [-0.2, -0.15) is 5.26 Å². The largest absolute Gasteiger partial charge is 0.493 e. The van der Waals surface area contributed by atoms with Gasteiger partial charge in [0.25, 0.3) is 0 Å². The van der Waals surface area contributed by atoms with E-state index in [0.717, 1.165) is 6.42 Å². The van der Waals surface area contributed by atoms with Gasteiger partial charge in [-0.1, -0.05) is 6.07 Å². The Morgan fingerprint density at radius 3 is 2.78 bits per heavy atom. The van der Waals surface area contributed by atoms with Gasteiger partial charge in [-0.15, -0.1) is 0 Å². The number of rotatable bonds is 6. The molecule has 18 heavy (non-hydrogen) atoms. The van der Waals surface area contributed by atoms with E-state index < -0.39 is 5.54 Å². The maximum absolute atomic E-state index is 13.3. The summed E-state index contributed by atoms with van der Waals surface area (Å²) in [7, 11) is 1.76. The molecule has 1 rings (SSSR count). The normalized spacial score (nSPS) is 13.7. The highest BCUT2D eigenvalue weighted by Gasteiger charge is 2.20. The summed E-state index contributed by atoms with van der Waals surface area (Å²) in [5, 5.41) is 11.9. The highest BCUT2D eigenvalue weighted by molar-refractivity contribution is 5.27. The van der Waals surface area contributed by atoms with Gasteiger partial charge in [-0.05, 0) is 45.4 Å². The van der Waals surface area contributed by atoms with Crippen LogP contribution in [0.3, 0.4) is 0 Å². The highest BCUT2D eigenvalue weighted by Crippen LogP contribution is 2.17. The summed E-state index contributed by atoms with van der Waals surface area (Å²) in [6.07, 6.45) is 1.43. The minimum absolute atomic E-state index is 0.260. The summed E-state index contributed by atoms with van der Waals surface area (Å²) < 4.78 is 18.7. The van der Waals surface area contributed by atoms with Gasteiger partial charge in [-0.3, -0.25) is 0 Å². The van der Waals surface area contributed by atoms with Crippen molar-refractivity contribution in [2.75, 3.05) is 13.7 Å². The van der Waals surface area contributed by atoms with E-state index in [0.29, 0.717) is 24.3 Å². The zero-order valence-electron chi connectivity index (χ0n) is 11.1. The maximum Gasteiger partial charge on any atom is 0.129 e. The monoisotopic (exact) mass is 250 g/mol. The number of nitriles is 1. The van der Waals surface area contributed by atoms with Crippen molar-refractivity contribution in [1.82, 2.24) is 5.32 Å². The summed E-state index contributed by atoms with van der Waals surface area (Å²) in [4.78, 5) is 0. The van der Waals surface area contributed by atoms with Crippen LogP contribution in [0.15, 0.2) is 18.2 Å². The molecule has 0 fully saturated rings. The lowest BCUT2D eigenvalue weighted by Crippen LogP contribution is -2.38. The van der Waals surface area contributed by atoms with E-state index in [1.54, 1.807) is 26.1 Å². The maximum atomic E-state index is 13.3. The predicted octanol–water partition coefficient (Wildman–Crippen LogP) is 2.79. The van der Waals surface area contributed by atoms with Crippen LogP contribution in [0.4, 0.5) is 4.39 Å². The molecule has 4 heteroatoms. The lowest BCUT2D eigenvalue weighted by Gasteiger charge is -2.20. The molecule has 0 radical (unpaired) electrons. The fourth-order valence-corrected chi connectivity index (χ4v) is 1.52. The summed E-state index contributed by atoms with van der Waals surface area (Å²) in [5.41, 5.74) is 0.0802. The lowest BCUT2D eigenvalue weighted by atomic mass is 9.98. The van der Waals surface area contributed by atoms with Crippen LogP contribution in [-0.4, -0.2) is 19.2 Å². The van der Waals surface area contributed by atoms with Crippen molar-refractivity contribution >= 4 is 0 Å². The van der Waals surface area contributed by atoms with Crippen LogP contribution in [0.2, 0.25) is 0 Å². The van der Waals surface area contributed by atoms with Crippen LogP contribution in [0.5, 0.6) is 5.75 Å². The van der Waals surface area contributed by atoms with Gasteiger partial charge in [-0.25, -0.2) is 4.39 Å². The SMILES string of the molecule is CNC(C)(C#N)CCCOc1ccc(C)c(F)c1. The van der Waals surface area contributed by atoms with Crippen LogP contribution < -0.4 is 10.1 Å². The van der Waals surface area contributed by atoms with Gasteiger partial charge in [0.1, 0.15) is 17.1 Å². The first-order valence-corrected chi connectivity index (χ1v) is 6.00. The van der Waals surface area contributed by atoms with Crippen molar-refractivity contribution in [3.63, 3.8) is 0 Å². The number of ether oxygens (including phenoxy) is 1. The molecule has 3 nitrogen and oxygen atoms in total. The number of hydrogen-bond donors (Lipinski definition) is 1. The Morgan fingerprint density at radius 1 is 1.50 bits per heavy atom. The van der Waals surface area contributed by atoms with E-state index in [4.69, 9.17) is 10.00 Å². The van der Waals surface area contributed by atoms with Crippen molar-refractivity contribution in [3.05, 3.63) is 29.6 Å². The van der Waals surface area contributed by atoms with Crippen molar-refractivity contribution in [3.8, 4) is 11.8 Å². The van der Waals surface area contributed by atoms with E-state index in [1.165, 1.54) is 6.07 Å². The quantitative estimate of drug-likeness (QED) is 0.790. The Kier molecular flexibility index (Phi) is 5.11. The minimum Gasteiger partial charge on any atom is -0.493 e. The van der Waals surface area contributed by atoms with E-state index in [9.17, 15) is 4.39 Å². The lowest BCUT2D eigenvalue weighted by molar-refractivity contribution is 0.287. The standard InChI is InChI=1S/C14H19FN2O/c1-11-5-6-12(9-13(11)15)18-8-4-7-14(2,10-16)17-3/h5-6,9,17H,4,7-8H2,1-3H3. The van der Waals surface area contributed by atoms with Crippen LogP contribution in [0.1, 0.15) is 25.3 Å². The van der Waals surface area contributed by atoms with Crippen molar-refractivity contribution in [2.45, 2.75) is 32.2 Å². The molecule has 1 aromatic rings. The summed E-state index contributed by atoms with van der Waals surface area (Å²) in [6, 6.07) is 7.04. The molecule has 0 aliphatic heterocycles. The number of halogens is 1. The fourth-order valence-electron chi connectivity index (χ4n) is 1.52. The van der Waals surface area contributed by atoms with Crippen LogP contribution in [0, 0.1) is 24.1 Å². The summed E-state index contributed by atoms with van der Waals surface area (Å²) in [6.45, 7) is 4.03. The average molecular weight is 250 g/mol. The molecule has 0 aromatic heterocycles. The Labute approximate surface area is 108 Å². The van der Waals surface area contributed by atoms with Crippen LogP contribution in [-0.2, 0) is 0 Å². The van der Waals surface area contributed by atoms with Gasteiger partial charge in [0.05, 0.1) is 12.7 Å². The van der Waals surface area contributed by atoms with E-state index in [2.05, 4.69) is 11.4 Å². The second-order valence-electron chi connectivity index (χ2n) is 4.56. The summed E-state index contributed by atoms with van der Waals surface area (Å²) >= 11 is 0. The van der Waals surface area contributed by atoms with Crippen molar-refractivity contribution in [2.24, 2.45) is 0 Å². The van der Waals surface area contributed by atoms with Gasteiger partial charge in [0.2, 0.25) is 0 Å². The molecule has 0 bridgehead atoms. The van der Waals surface area contributed by atoms with Gasteiger partial charge >= 0.3 is 0 Å². The fraction of sp³-hybridized carbons (Fsp3) is 0.500. The topological polar surface area (TPSA) is 45.0 Å². The molecule has 0 saturated carbocycles. The summed E-state index contributed by atoms with van der Waals surface area (Å²) in [5.74, 6) is 0.269. The molecule has 1 aromatic carbocycles. The number of aryl methyl sites for hydroxylation is 1. The van der Waals surface area contributed by atoms with Gasteiger partial charge in [0.15, 0.2) is 0 Å².